The van der Waals surface area contributed by atoms with Crippen LogP contribution in [0.15, 0.2) is 18.2 Å². The van der Waals surface area contributed by atoms with Crippen molar-refractivity contribution in [3.8, 4) is 0 Å². The van der Waals surface area contributed by atoms with E-state index in [1.165, 1.54) is 17.0 Å². The number of benzene rings is 1. The number of hydrogen-bond donors (Lipinski definition) is 1. The van der Waals surface area contributed by atoms with Gasteiger partial charge in [0.15, 0.2) is 0 Å². The number of carbonyl (C=O) groups excluding carboxylic acids is 1. The first-order chi connectivity index (χ1) is 11.8. The predicted octanol–water partition coefficient (Wildman–Crippen LogP) is 3.48. The number of hydrogen-bond acceptors (Lipinski definition) is 3. The fraction of sp³-hybridized carbons (Fsp3) is 0.632. The number of amides is 1. The largest absolute Gasteiger partial charge is 0.326 e. The normalized spacial score (nSPS) is 16.2. The molecular weight excluding hydrogens is 336 g/mol. The van der Waals surface area contributed by atoms with E-state index >= 15 is 0 Å². The lowest BCUT2D eigenvalue weighted by atomic mass is 9.95. The molecule has 1 aliphatic carbocycles. The van der Waals surface area contributed by atoms with Crippen LogP contribution in [-0.4, -0.2) is 37.5 Å². The quantitative estimate of drug-likeness (QED) is 0.803. The van der Waals surface area contributed by atoms with Crippen LogP contribution in [0.25, 0.3) is 0 Å². The summed E-state index contributed by atoms with van der Waals surface area (Å²) in [6, 6.07) is 6.01. The van der Waals surface area contributed by atoms with Crippen molar-refractivity contribution in [1.82, 2.24) is 4.31 Å². The molecule has 0 aromatic heterocycles. The summed E-state index contributed by atoms with van der Waals surface area (Å²) in [5, 5.41) is 2.98. The Morgan fingerprint density at radius 3 is 2.52 bits per heavy atom. The van der Waals surface area contributed by atoms with Gasteiger partial charge in [-0.15, -0.1) is 0 Å². The van der Waals surface area contributed by atoms with Gasteiger partial charge in [0.1, 0.15) is 0 Å². The lowest BCUT2D eigenvalue weighted by molar-refractivity contribution is -0.116. The zero-order valence-electron chi connectivity index (χ0n) is 15.5. The second-order valence-electron chi connectivity index (χ2n) is 6.93. The van der Waals surface area contributed by atoms with Crippen LogP contribution in [0.3, 0.4) is 0 Å². The molecule has 0 saturated heterocycles. The van der Waals surface area contributed by atoms with Gasteiger partial charge < -0.3 is 5.32 Å². The van der Waals surface area contributed by atoms with E-state index in [4.69, 9.17) is 0 Å². The molecule has 0 radical (unpaired) electrons. The molecule has 0 bridgehead atoms. The van der Waals surface area contributed by atoms with Gasteiger partial charge in [-0.2, -0.15) is 4.31 Å². The molecule has 1 aromatic carbocycles. The van der Waals surface area contributed by atoms with Gasteiger partial charge in [-0.1, -0.05) is 44.4 Å². The van der Waals surface area contributed by atoms with E-state index in [9.17, 15) is 13.2 Å². The third kappa shape index (κ3) is 5.54. The van der Waals surface area contributed by atoms with Gasteiger partial charge in [0, 0.05) is 24.7 Å². The highest BCUT2D eigenvalue weighted by atomic mass is 32.2. The van der Waals surface area contributed by atoms with Crippen LogP contribution in [0, 0.1) is 6.92 Å². The van der Waals surface area contributed by atoms with Crippen LogP contribution in [0.2, 0.25) is 0 Å². The van der Waals surface area contributed by atoms with Crippen molar-refractivity contribution in [1.29, 1.82) is 0 Å². The number of anilines is 1. The number of nitrogens with zero attached hydrogens (tertiary/aromatic N) is 1. The van der Waals surface area contributed by atoms with Gasteiger partial charge in [0.05, 0.1) is 6.26 Å². The number of sulfonamides is 1. The summed E-state index contributed by atoms with van der Waals surface area (Å²) in [7, 11) is -3.30. The van der Waals surface area contributed by atoms with Crippen molar-refractivity contribution in [2.75, 3.05) is 18.1 Å². The van der Waals surface area contributed by atoms with Crippen molar-refractivity contribution in [2.24, 2.45) is 0 Å². The standard InChI is InChI=1S/C19H30N2O3S/c1-4-16-10-8-9-15(2)19(16)20-18(22)13-14-21(25(3,23)24)17-11-6-5-7-12-17/h8-10,17H,4-7,11-14H2,1-3H3,(H,20,22). The summed E-state index contributed by atoms with van der Waals surface area (Å²) >= 11 is 0. The Morgan fingerprint density at radius 1 is 1.24 bits per heavy atom. The Kier molecular flexibility index (Phi) is 7.02. The maximum absolute atomic E-state index is 12.4. The van der Waals surface area contributed by atoms with Crippen molar-refractivity contribution in [3.05, 3.63) is 29.3 Å². The number of carbonyl (C=O) groups is 1. The minimum absolute atomic E-state index is 0.0428. The van der Waals surface area contributed by atoms with Crippen molar-refractivity contribution in [2.45, 2.75) is 64.8 Å². The SMILES string of the molecule is CCc1cccc(C)c1NC(=O)CCN(C1CCCCC1)S(C)(=O)=O. The molecule has 1 N–H and O–H groups in total. The highest BCUT2D eigenvalue weighted by Crippen LogP contribution is 2.25. The third-order valence-electron chi connectivity index (χ3n) is 4.97. The van der Waals surface area contributed by atoms with E-state index in [1.807, 2.05) is 25.1 Å². The van der Waals surface area contributed by atoms with E-state index in [2.05, 4.69) is 12.2 Å². The Labute approximate surface area is 151 Å². The van der Waals surface area contributed by atoms with E-state index in [0.717, 1.165) is 48.9 Å². The van der Waals surface area contributed by atoms with Crippen LogP contribution in [0.1, 0.15) is 56.6 Å². The zero-order valence-corrected chi connectivity index (χ0v) is 16.4. The first kappa shape index (κ1) is 19.9. The van der Waals surface area contributed by atoms with E-state index in [1.54, 1.807) is 0 Å². The molecular formula is C19H30N2O3S. The fourth-order valence-electron chi connectivity index (χ4n) is 3.60. The van der Waals surface area contributed by atoms with Gasteiger partial charge >= 0.3 is 0 Å². The molecule has 0 atom stereocenters. The molecule has 2 rings (SSSR count). The summed E-state index contributed by atoms with van der Waals surface area (Å²) in [6.45, 7) is 4.28. The van der Waals surface area contributed by atoms with Gasteiger partial charge in [-0.3, -0.25) is 4.79 Å². The highest BCUT2D eigenvalue weighted by Gasteiger charge is 2.28. The molecule has 0 spiro atoms. The fourth-order valence-corrected chi connectivity index (χ4v) is 4.78. The summed E-state index contributed by atoms with van der Waals surface area (Å²) in [6.07, 6.45) is 7.35. The van der Waals surface area contributed by atoms with E-state index in [0.29, 0.717) is 0 Å². The first-order valence-electron chi connectivity index (χ1n) is 9.18. The minimum atomic E-state index is -3.30. The topological polar surface area (TPSA) is 66.5 Å². The van der Waals surface area contributed by atoms with Crippen LogP contribution >= 0.6 is 0 Å². The summed E-state index contributed by atoms with van der Waals surface area (Å²) in [5.41, 5.74) is 2.99. The van der Waals surface area contributed by atoms with Crippen molar-refractivity contribution in [3.63, 3.8) is 0 Å². The molecule has 5 nitrogen and oxygen atoms in total. The number of rotatable bonds is 7. The maximum Gasteiger partial charge on any atom is 0.225 e. The van der Waals surface area contributed by atoms with Gasteiger partial charge in [0.25, 0.3) is 0 Å². The monoisotopic (exact) mass is 366 g/mol. The number of aryl methyl sites for hydroxylation is 2. The Balaban J connectivity index is 2.02. The second-order valence-corrected chi connectivity index (χ2v) is 8.86. The van der Waals surface area contributed by atoms with Gasteiger partial charge in [-0.05, 0) is 37.3 Å². The zero-order chi connectivity index (χ0) is 18.4. The van der Waals surface area contributed by atoms with E-state index < -0.39 is 10.0 Å². The third-order valence-corrected chi connectivity index (χ3v) is 6.30. The Bertz CT molecular complexity index is 695. The molecule has 1 saturated carbocycles. The predicted molar refractivity (Wildman–Crippen MR) is 102 cm³/mol. The molecule has 0 aliphatic heterocycles. The molecule has 1 fully saturated rings. The van der Waals surface area contributed by atoms with Crippen LogP contribution < -0.4 is 5.32 Å². The van der Waals surface area contributed by atoms with Crippen molar-refractivity contribution < 1.29 is 13.2 Å². The van der Waals surface area contributed by atoms with Crippen LogP contribution in [0.4, 0.5) is 5.69 Å². The molecule has 1 aliphatic rings. The average Bonchev–Trinajstić information content (AvgIpc) is 2.56. The lowest BCUT2D eigenvalue weighted by Crippen LogP contribution is -2.42. The molecule has 1 amide bonds. The smallest absolute Gasteiger partial charge is 0.225 e. The average molecular weight is 367 g/mol. The molecule has 0 unspecified atom stereocenters. The summed E-state index contributed by atoms with van der Waals surface area (Å²) < 4.78 is 25.8. The second kappa shape index (κ2) is 8.81. The number of nitrogens with one attached hydrogen (secondary N) is 1. The van der Waals surface area contributed by atoms with Gasteiger partial charge in [-0.25, -0.2) is 8.42 Å². The highest BCUT2D eigenvalue weighted by molar-refractivity contribution is 7.88. The summed E-state index contributed by atoms with van der Waals surface area (Å²) in [5.74, 6) is -0.131. The van der Waals surface area contributed by atoms with Gasteiger partial charge in [0.2, 0.25) is 15.9 Å². The Morgan fingerprint density at radius 2 is 1.92 bits per heavy atom. The van der Waals surface area contributed by atoms with Crippen molar-refractivity contribution >= 4 is 21.6 Å². The molecule has 25 heavy (non-hydrogen) atoms. The lowest BCUT2D eigenvalue weighted by Gasteiger charge is -2.32. The number of para-hydroxylation sites is 1. The molecule has 140 valence electrons. The van der Waals surface area contributed by atoms with E-state index in [-0.39, 0.29) is 24.9 Å². The Hall–Kier alpha value is -1.40. The van der Waals surface area contributed by atoms with Crippen LogP contribution in [0.5, 0.6) is 0 Å². The molecule has 0 heterocycles. The molecule has 1 aromatic rings. The maximum atomic E-state index is 12.4. The molecule has 6 heteroatoms. The van der Waals surface area contributed by atoms with Crippen LogP contribution in [-0.2, 0) is 21.2 Å². The first-order valence-corrected chi connectivity index (χ1v) is 11.0. The minimum Gasteiger partial charge on any atom is -0.326 e. The summed E-state index contributed by atoms with van der Waals surface area (Å²) in [4.78, 5) is 12.4.